The van der Waals surface area contributed by atoms with E-state index in [9.17, 15) is 24.3 Å². The first-order chi connectivity index (χ1) is 20.3. The van der Waals surface area contributed by atoms with E-state index in [-0.39, 0.29) is 18.1 Å². The molecule has 0 aromatic heterocycles. The molecule has 0 bridgehead atoms. The second-order valence-electron chi connectivity index (χ2n) is 13.3. The molecule has 1 aromatic carbocycles. The summed E-state index contributed by atoms with van der Waals surface area (Å²) in [4.78, 5) is 54.0. The molecule has 0 aliphatic rings. The molecular weight excluding hydrogens is 566 g/mol. The molecule has 0 spiro atoms. The minimum absolute atomic E-state index is 0.0941. The molecule has 11 heteroatoms. The molecule has 0 fully saturated rings. The Morgan fingerprint density at radius 2 is 1.55 bits per heavy atom. The third-order valence-electron chi connectivity index (χ3n) is 7.09. The number of hydrogen-bond acceptors (Lipinski definition) is 9. The Balaban J connectivity index is 3.17. The zero-order chi connectivity index (χ0) is 33.8. The van der Waals surface area contributed by atoms with Gasteiger partial charge in [0.15, 0.2) is 0 Å². The zero-order valence-corrected chi connectivity index (χ0v) is 28.4. The largest absolute Gasteiger partial charge is 0.497 e. The number of Topliss-reactive ketones (excluding diaryl/α,β-unsaturated/α-hetero) is 1. The van der Waals surface area contributed by atoms with Crippen molar-refractivity contribution in [3.63, 3.8) is 0 Å². The van der Waals surface area contributed by atoms with Crippen molar-refractivity contribution >= 4 is 23.8 Å². The lowest BCUT2D eigenvalue weighted by Crippen LogP contribution is -2.59. The number of alkyl carbamates (subject to hydrolysis) is 1. The molecule has 0 unspecified atom stereocenters. The number of rotatable bonds is 17. The molecule has 250 valence electrons. The summed E-state index contributed by atoms with van der Waals surface area (Å²) in [5, 5.41) is 16.3. The van der Waals surface area contributed by atoms with Crippen molar-refractivity contribution in [3.8, 4) is 5.75 Å². The molecule has 0 radical (unpaired) electrons. The van der Waals surface area contributed by atoms with Gasteiger partial charge in [0.1, 0.15) is 35.3 Å². The molecule has 3 N–H and O–H groups in total. The average molecular weight is 622 g/mol. The van der Waals surface area contributed by atoms with Gasteiger partial charge in [0.25, 0.3) is 0 Å². The first-order valence-corrected chi connectivity index (χ1v) is 15.3. The van der Waals surface area contributed by atoms with Crippen molar-refractivity contribution < 1.29 is 38.5 Å². The van der Waals surface area contributed by atoms with Crippen LogP contribution in [0, 0.1) is 11.8 Å². The maximum atomic E-state index is 13.7. The third-order valence-corrected chi connectivity index (χ3v) is 7.09. The fourth-order valence-electron chi connectivity index (χ4n) is 4.50. The molecule has 11 nitrogen and oxygen atoms in total. The SMILES string of the molecule is COc1ccc(C[C@@H](C(=O)O[C@H](C)[C@H](NC(=O)OC(C)(C)C)C(=O)N[C@H](C(C)C)[C@@H](O)CC(=O)CCC(C)C)N(C)C)cc1. The monoisotopic (exact) mass is 621 g/mol. The number of benzene rings is 1. The van der Waals surface area contributed by atoms with E-state index >= 15 is 0 Å². The Kier molecular flexibility index (Phi) is 15.8. The number of methoxy groups -OCH3 is 1. The summed E-state index contributed by atoms with van der Waals surface area (Å²) >= 11 is 0. The molecule has 0 heterocycles. The number of likely N-dealkylation sites (N-methyl/N-ethyl adjacent to an activating group) is 1. The third kappa shape index (κ3) is 14.1. The van der Waals surface area contributed by atoms with Gasteiger partial charge in [0.05, 0.1) is 19.3 Å². The van der Waals surface area contributed by atoms with Crippen molar-refractivity contribution in [2.24, 2.45) is 11.8 Å². The van der Waals surface area contributed by atoms with Crippen LogP contribution in [-0.4, -0.2) is 90.9 Å². The van der Waals surface area contributed by atoms with E-state index < -0.39 is 53.9 Å². The van der Waals surface area contributed by atoms with Crippen LogP contribution < -0.4 is 15.4 Å². The van der Waals surface area contributed by atoms with Crippen LogP contribution in [0.25, 0.3) is 0 Å². The molecule has 1 aromatic rings. The van der Waals surface area contributed by atoms with E-state index in [1.165, 1.54) is 6.92 Å². The number of nitrogens with zero attached hydrogens (tertiary/aromatic N) is 1. The van der Waals surface area contributed by atoms with Gasteiger partial charge in [0, 0.05) is 12.8 Å². The maximum Gasteiger partial charge on any atom is 0.408 e. The van der Waals surface area contributed by atoms with Gasteiger partial charge < -0.3 is 30.0 Å². The van der Waals surface area contributed by atoms with E-state index in [0.717, 1.165) is 5.56 Å². The summed E-state index contributed by atoms with van der Waals surface area (Å²) < 4.78 is 16.4. The molecule has 1 rings (SSSR count). The number of aliphatic hydroxyl groups is 1. The highest BCUT2D eigenvalue weighted by molar-refractivity contribution is 5.87. The van der Waals surface area contributed by atoms with Crippen LogP contribution in [0.5, 0.6) is 5.75 Å². The summed E-state index contributed by atoms with van der Waals surface area (Å²) in [7, 11) is 5.08. The number of ether oxygens (including phenoxy) is 3. The average Bonchev–Trinajstić information content (AvgIpc) is 2.90. The minimum Gasteiger partial charge on any atom is -0.497 e. The lowest BCUT2D eigenvalue weighted by atomic mass is 9.92. The predicted molar refractivity (Wildman–Crippen MR) is 169 cm³/mol. The molecule has 0 aliphatic heterocycles. The minimum atomic E-state index is -1.34. The topological polar surface area (TPSA) is 144 Å². The lowest BCUT2D eigenvalue weighted by molar-refractivity contribution is -0.156. The Bertz CT molecular complexity index is 1070. The Morgan fingerprint density at radius 1 is 0.955 bits per heavy atom. The van der Waals surface area contributed by atoms with Crippen molar-refractivity contribution in [2.45, 2.75) is 117 Å². The second-order valence-corrected chi connectivity index (χ2v) is 13.3. The summed E-state index contributed by atoms with van der Waals surface area (Å²) in [6, 6.07) is 4.51. The number of hydrogen-bond donors (Lipinski definition) is 3. The van der Waals surface area contributed by atoms with Gasteiger partial charge in [-0.05, 0) is 84.2 Å². The highest BCUT2D eigenvalue weighted by Crippen LogP contribution is 2.17. The van der Waals surface area contributed by atoms with Crippen LogP contribution in [0.3, 0.4) is 0 Å². The first kappa shape index (κ1) is 38.8. The van der Waals surface area contributed by atoms with Gasteiger partial charge in [-0.3, -0.25) is 19.3 Å². The van der Waals surface area contributed by atoms with Gasteiger partial charge in [-0.25, -0.2) is 4.79 Å². The van der Waals surface area contributed by atoms with E-state index in [1.807, 2.05) is 39.8 Å². The van der Waals surface area contributed by atoms with Crippen molar-refractivity contribution in [1.82, 2.24) is 15.5 Å². The number of aliphatic hydroxyl groups excluding tert-OH is 1. The first-order valence-electron chi connectivity index (χ1n) is 15.3. The Hall–Kier alpha value is -3.18. The van der Waals surface area contributed by atoms with Crippen LogP contribution in [0.15, 0.2) is 24.3 Å². The van der Waals surface area contributed by atoms with E-state index in [4.69, 9.17) is 14.2 Å². The summed E-state index contributed by atoms with van der Waals surface area (Å²) in [6.45, 7) is 14.2. The van der Waals surface area contributed by atoms with E-state index in [1.54, 1.807) is 59.0 Å². The van der Waals surface area contributed by atoms with Crippen molar-refractivity contribution in [3.05, 3.63) is 29.8 Å². The van der Waals surface area contributed by atoms with Crippen LogP contribution in [0.2, 0.25) is 0 Å². The fraction of sp³-hybridized carbons (Fsp3) is 0.697. The molecule has 44 heavy (non-hydrogen) atoms. The molecule has 0 aliphatic carbocycles. The normalized spacial score (nSPS) is 15.2. The van der Waals surface area contributed by atoms with Crippen LogP contribution >= 0.6 is 0 Å². The summed E-state index contributed by atoms with van der Waals surface area (Å²) in [5.41, 5.74) is 0.0406. The standard InChI is InChI=1S/C33H55N3O8/c1-20(2)12-15-24(37)19-27(38)28(21(3)4)34-30(39)29(35-32(41)44-33(6,7)8)22(5)43-31(40)26(36(9)10)18-23-13-16-25(42-11)17-14-23/h13-14,16-17,20-22,26-29,38H,12,15,18-19H2,1-11H3,(H,34,39)(H,35,41)/t22-,26+,27+,28-,29+/m1/s1. The molecule has 5 atom stereocenters. The zero-order valence-electron chi connectivity index (χ0n) is 28.4. The van der Waals surface area contributed by atoms with Crippen LogP contribution in [-0.2, 0) is 30.3 Å². The van der Waals surface area contributed by atoms with Gasteiger partial charge in [-0.15, -0.1) is 0 Å². The number of amides is 2. The number of carbonyl (C=O) groups is 4. The van der Waals surface area contributed by atoms with Crippen molar-refractivity contribution in [1.29, 1.82) is 0 Å². The Morgan fingerprint density at radius 3 is 2.02 bits per heavy atom. The smallest absolute Gasteiger partial charge is 0.408 e. The maximum absolute atomic E-state index is 13.7. The van der Waals surface area contributed by atoms with E-state index in [2.05, 4.69) is 10.6 Å². The van der Waals surface area contributed by atoms with Gasteiger partial charge in [-0.1, -0.05) is 39.8 Å². The number of nitrogens with one attached hydrogen (secondary N) is 2. The molecule has 2 amide bonds. The van der Waals surface area contributed by atoms with Gasteiger partial charge in [0.2, 0.25) is 5.91 Å². The van der Waals surface area contributed by atoms with E-state index in [0.29, 0.717) is 30.9 Å². The summed E-state index contributed by atoms with van der Waals surface area (Å²) in [5.74, 6) is -0.557. The summed E-state index contributed by atoms with van der Waals surface area (Å²) in [6.07, 6.45) is -1.83. The number of carbonyl (C=O) groups excluding carboxylic acids is 4. The van der Waals surface area contributed by atoms with Crippen LogP contribution in [0.4, 0.5) is 4.79 Å². The number of esters is 1. The quantitative estimate of drug-likeness (QED) is 0.221. The number of ketones is 1. The van der Waals surface area contributed by atoms with Gasteiger partial charge >= 0.3 is 12.1 Å². The molecular formula is C33H55N3O8. The Labute approximate surface area is 263 Å². The van der Waals surface area contributed by atoms with Crippen LogP contribution in [0.1, 0.15) is 80.2 Å². The highest BCUT2D eigenvalue weighted by atomic mass is 16.6. The van der Waals surface area contributed by atoms with Crippen molar-refractivity contribution in [2.75, 3.05) is 21.2 Å². The fourth-order valence-corrected chi connectivity index (χ4v) is 4.50. The molecule has 0 saturated carbocycles. The lowest BCUT2D eigenvalue weighted by Gasteiger charge is -2.32. The second kappa shape index (κ2) is 17.9. The predicted octanol–water partition coefficient (Wildman–Crippen LogP) is 3.89. The highest BCUT2D eigenvalue weighted by Gasteiger charge is 2.36. The van der Waals surface area contributed by atoms with Gasteiger partial charge in [-0.2, -0.15) is 0 Å². The molecule has 0 saturated heterocycles.